The van der Waals surface area contributed by atoms with Gasteiger partial charge in [-0.2, -0.15) is 5.10 Å². The molecule has 10 nitrogen and oxygen atoms in total. The Hall–Kier alpha value is -2.91. The zero-order valence-corrected chi connectivity index (χ0v) is 11.4. The van der Waals surface area contributed by atoms with E-state index in [1.165, 1.54) is 10.9 Å². The molecule has 10 heteroatoms. The molecular formula is C11H15N7O3. The topological polar surface area (TPSA) is 127 Å². The Morgan fingerprint density at radius 3 is 2.81 bits per heavy atom. The van der Waals surface area contributed by atoms with Crippen LogP contribution in [0.5, 0.6) is 0 Å². The van der Waals surface area contributed by atoms with Crippen LogP contribution in [0.4, 0.5) is 4.79 Å². The zero-order valence-electron chi connectivity index (χ0n) is 11.4. The molecule has 0 atom stereocenters. The normalized spacial score (nSPS) is 10.3. The molecule has 0 radical (unpaired) electrons. The Morgan fingerprint density at radius 1 is 1.38 bits per heavy atom. The third-order valence-electron chi connectivity index (χ3n) is 2.74. The Bertz CT molecular complexity index is 633. The molecule has 2 aromatic rings. The highest BCUT2D eigenvalue weighted by Crippen LogP contribution is 1.94. The molecule has 0 saturated heterocycles. The lowest BCUT2D eigenvalue weighted by molar-refractivity contribution is 0.0690. The van der Waals surface area contributed by atoms with Crippen LogP contribution in [-0.2, 0) is 20.1 Å². The van der Waals surface area contributed by atoms with Gasteiger partial charge in [0.05, 0.1) is 25.0 Å². The van der Waals surface area contributed by atoms with Crippen LogP contribution >= 0.6 is 0 Å². The highest BCUT2D eigenvalue weighted by atomic mass is 16.4. The van der Waals surface area contributed by atoms with Gasteiger partial charge in [0, 0.05) is 19.8 Å². The molecule has 0 spiro atoms. The number of aromatic nitrogens is 5. The second kappa shape index (κ2) is 6.50. The van der Waals surface area contributed by atoms with Gasteiger partial charge in [-0.15, -0.1) is 5.10 Å². The van der Waals surface area contributed by atoms with Crippen molar-refractivity contribution in [3.8, 4) is 0 Å². The Labute approximate surface area is 119 Å². The van der Waals surface area contributed by atoms with Crippen molar-refractivity contribution < 1.29 is 14.7 Å². The number of carboxylic acid groups (broad SMARTS) is 1. The fraction of sp³-hybridized carbons (Fsp3) is 0.364. The predicted molar refractivity (Wildman–Crippen MR) is 70.4 cm³/mol. The van der Waals surface area contributed by atoms with Crippen molar-refractivity contribution in [1.82, 2.24) is 35.4 Å². The zero-order chi connectivity index (χ0) is 15.2. The summed E-state index contributed by atoms with van der Waals surface area (Å²) in [5, 5.41) is 25.1. The van der Waals surface area contributed by atoms with Gasteiger partial charge in [-0.25, -0.2) is 14.3 Å². The van der Waals surface area contributed by atoms with Gasteiger partial charge >= 0.3 is 12.0 Å². The number of hydrogen-bond donors (Lipinski definition) is 3. The minimum Gasteiger partial charge on any atom is -0.476 e. The van der Waals surface area contributed by atoms with Crippen LogP contribution in [0.15, 0.2) is 18.5 Å². The van der Waals surface area contributed by atoms with Crippen LogP contribution in [0.3, 0.4) is 0 Å². The predicted octanol–water partition coefficient (Wildman–Crippen LogP) is -0.791. The van der Waals surface area contributed by atoms with Gasteiger partial charge in [0.15, 0.2) is 5.69 Å². The van der Waals surface area contributed by atoms with E-state index in [1.54, 1.807) is 17.9 Å². The number of urea groups is 1. The average molecular weight is 293 g/mol. The number of carbonyl (C=O) groups excluding carboxylic acids is 1. The van der Waals surface area contributed by atoms with E-state index in [4.69, 9.17) is 5.11 Å². The molecule has 2 rings (SSSR count). The summed E-state index contributed by atoms with van der Waals surface area (Å²) in [4.78, 5) is 22.2. The quantitative estimate of drug-likeness (QED) is 0.640. The van der Waals surface area contributed by atoms with E-state index in [0.29, 0.717) is 19.6 Å². The van der Waals surface area contributed by atoms with E-state index in [-0.39, 0.29) is 11.7 Å². The highest BCUT2D eigenvalue weighted by molar-refractivity contribution is 5.84. The van der Waals surface area contributed by atoms with E-state index in [9.17, 15) is 9.59 Å². The highest BCUT2D eigenvalue weighted by Gasteiger charge is 2.08. The molecule has 0 aliphatic heterocycles. The molecule has 0 unspecified atom stereocenters. The van der Waals surface area contributed by atoms with E-state index in [0.717, 1.165) is 5.69 Å². The van der Waals surface area contributed by atoms with Crippen molar-refractivity contribution in [3.05, 3.63) is 29.8 Å². The Morgan fingerprint density at radius 2 is 2.19 bits per heavy atom. The second-order valence-electron chi connectivity index (χ2n) is 4.23. The van der Waals surface area contributed by atoms with Crippen LogP contribution in [-0.4, -0.2) is 48.4 Å². The van der Waals surface area contributed by atoms with Gasteiger partial charge in [0.1, 0.15) is 0 Å². The summed E-state index contributed by atoms with van der Waals surface area (Å²) in [6, 6.07) is 1.48. The lowest BCUT2D eigenvalue weighted by Gasteiger charge is -2.07. The molecule has 2 amide bonds. The summed E-state index contributed by atoms with van der Waals surface area (Å²) in [6.07, 6.45) is 2.96. The van der Waals surface area contributed by atoms with Crippen molar-refractivity contribution >= 4 is 12.0 Å². The van der Waals surface area contributed by atoms with Gasteiger partial charge in [-0.05, 0) is 6.07 Å². The first kappa shape index (κ1) is 14.5. The number of nitrogens with one attached hydrogen (secondary N) is 2. The second-order valence-corrected chi connectivity index (χ2v) is 4.23. The summed E-state index contributed by atoms with van der Waals surface area (Å²) >= 11 is 0. The minimum atomic E-state index is -1.14. The first-order valence-electron chi connectivity index (χ1n) is 6.18. The largest absolute Gasteiger partial charge is 0.476 e. The Balaban J connectivity index is 1.69. The van der Waals surface area contributed by atoms with E-state index >= 15 is 0 Å². The molecule has 21 heavy (non-hydrogen) atoms. The first-order chi connectivity index (χ1) is 10.1. The molecule has 2 aromatic heterocycles. The number of carbonyl (C=O) groups is 2. The number of carboxylic acids is 1. The summed E-state index contributed by atoms with van der Waals surface area (Å²) in [5.74, 6) is -1.14. The third-order valence-corrected chi connectivity index (χ3v) is 2.74. The summed E-state index contributed by atoms with van der Waals surface area (Å²) in [6.45, 7) is 1.01. The molecule has 0 fully saturated rings. The van der Waals surface area contributed by atoms with E-state index < -0.39 is 5.97 Å². The molecular weight excluding hydrogens is 278 g/mol. The average Bonchev–Trinajstić information content (AvgIpc) is 3.06. The maximum atomic E-state index is 11.6. The summed E-state index contributed by atoms with van der Waals surface area (Å²) in [5.41, 5.74) is 0.753. The van der Waals surface area contributed by atoms with Gasteiger partial charge in [0.25, 0.3) is 0 Å². The third kappa shape index (κ3) is 4.03. The molecule has 0 bridgehead atoms. The summed E-state index contributed by atoms with van der Waals surface area (Å²) < 4.78 is 3.02. The molecule has 0 aliphatic carbocycles. The monoisotopic (exact) mass is 293 g/mol. The van der Waals surface area contributed by atoms with Gasteiger partial charge < -0.3 is 15.7 Å². The molecule has 3 N–H and O–H groups in total. The maximum absolute atomic E-state index is 11.6. The van der Waals surface area contributed by atoms with Crippen molar-refractivity contribution in [2.45, 2.75) is 13.1 Å². The number of amides is 2. The van der Waals surface area contributed by atoms with Crippen molar-refractivity contribution in [2.24, 2.45) is 7.05 Å². The maximum Gasteiger partial charge on any atom is 0.358 e. The van der Waals surface area contributed by atoms with Crippen LogP contribution in [0.1, 0.15) is 16.2 Å². The van der Waals surface area contributed by atoms with Gasteiger partial charge in [-0.1, -0.05) is 5.21 Å². The molecule has 0 aliphatic rings. The Kier molecular flexibility index (Phi) is 4.49. The number of aromatic carboxylic acids is 1. The smallest absolute Gasteiger partial charge is 0.358 e. The standard InChI is InChI=1S/C11H15N7O3/c1-17-8(2-3-14-17)6-13-11(21)12-4-5-18-7-9(10(19)20)15-16-18/h2-3,7H,4-6H2,1H3,(H,19,20)(H2,12,13,21). The lowest BCUT2D eigenvalue weighted by Crippen LogP contribution is -2.37. The first-order valence-corrected chi connectivity index (χ1v) is 6.18. The molecule has 0 saturated carbocycles. The molecule has 112 valence electrons. The molecule has 2 heterocycles. The van der Waals surface area contributed by atoms with E-state index in [2.05, 4.69) is 26.0 Å². The molecule has 0 aromatic carbocycles. The van der Waals surface area contributed by atoms with Crippen LogP contribution in [0.25, 0.3) is 0 Å². The van der Waals surface area contributed by atoms with Crippen molar-refractivity contribution in [2.75, 3.05) is 6.54 Å². The fourth-order valence-corrected chi connectivity index (χ4v) is 1.60. The van der Waals surface area contributed by atoms with Crippen molar-refractivity contribution in [3.63, 3.8) is 0 Å². The number of aryl methyl sites for hydroxylation is 1. The van der Waals surface area contributed by atoms with Crippen LogP contribution < -0.4 is 10.6 Å². The van der Waals surface area contributed by atoms with E-state index in [1.807, 2.05) is 6.07 Å². The van der Waals surface area contributed by atoms with Crippen LogP contribution in [0.2, 0.25) is 0 Å². The lowest BCUT2D eigenvalue weighted by atomic mass is 10.4. The minimum absolute atomic E-state index is 0.129. The number of nitrogens with zero attached hydrogens (tertiary/aromatic N) is 5. The van der Waals surface area contributed by atoms with Crippen molar-refractivity contribution in [1.29, 1.82) is 0 Å². The van der Waals surface area contributed by atoms with Crippen LogP contribution in [0, 0.1) is 0 Å². The fourth-order valence-electron chi connectivity index (χ4n) is 1.60. The van der Waals surface area contributed by atoms with Gasteiger partial charge in [-0.3, -0.25) is 4.68 Å². The number of rotatable bonds is 6. The summed E-state index contributed by atoms with van der Waals surface area (Å²) in [7, 11) is 1.79. The van der Waals surface area contributed by atoms with Gasteiger partial charge in [0.2, 0.25) is 0 Å². The number of hydrogen-bond acceptors (Lipinski definition) is 5. The SMILES string of the molecule is Cn1nccc1CNC(=O)NCCn1cc(C(=O)O)nn1.